The van der Waals surface area contributed by atoms with Crippen molar-refractivity contribution in [2.24, 2.45) is 22.9 Å². The van der Waals surface area contributed by atoms with E-state index in [0.29, 0.717) is 5.41 Å². The number of hydrazone groups is 1. The maximum Gasteiger partial charge on any atom is 0.274 e. The minimum absolute atomic E-state index is 0.152. The zero-order chi connectivity index (χ0) is 25.7. The zero-order valence-corrected chi connectivity index (χ0v) is 21.3. The van der Waals surface area contributed by atoms with Gasteiger partial charge >= 0.3 is 0 Å². The van der Waals surface area contributed by atoms with Gasteiger partial charge in [-0.25, -0.2) is 9.82 Å². The number of hydrogen-bond donors (Lipinski definition) is 1. The number of amides is 1. The lowest BCUT2D eigenvalue weighted by atomic mass is 9.48. The normalized spacial score (nSPS) is 25.9. The van der Waals surface area contributed by atoms with Crippen LogP contribution in [0.25, 0.3) is 5.69 Å². The summed E-state index contributed by atoms with van der Waals surface area (Å²) >= 11 is 0. The summed E-state index contributed by atoms with van der Waals surface area (Å²) in [4.78, 5) is 12.3. The highest BCUT2D eigenvalue weighted by Crippen LogP contribution is 2.60. The average Bonchev–Trinajstić information content (AvgIpc) is 3.15. The number of nitrogens with one attached hydrogen (secondary N) is 1. The summed E-state index contributed by atoms with van der Waals surface area (Å²) in [7, 11) is 0. The number of nitriles is 1. The van der Waals surface area contributed by atoms with E-state index in [1.165, 1.54) is 56.2 Å². The number of nitrogens with zero attached hydrogens (tertiary/aromatic N) is 3. The van der Waals surface area contributed by atoms with Gasteiger partial charge in [-0.15, -0.1) is 0 Å². The van der Waals surface area contributed by atoms with Crippen molar-refractivity contribution in [2.75, 3.05) is 0 Å². The van der Waals surface area contributed by atoms with E-state index in [-0.39, 0.29) is 11.1 Å². The van der Waals surface area contributed by atoms with Gasteiger partial charge in [0.05, 0.1) is 23.4 Å². The molecule has 0 radical (unpaired) electrons. The lowest BCUT2D eigenvalue weighted by Gasteiger charge is -2.57. The van der Waals surface area contributed by atoms with E-state index in [4.69, 9.17) is 5.26 Å². The molecule has 4 aliphatic carbocycles. The molecule has 1 aromatic heterocycles. The molecule has 1 amide bonds. The molecule has 0 atom stereocenters. The van der Waals surface area contributed by atoms with Crippen LogP contribution >= 0.6 is 0 Å². The van der Waals surface area contributed by atoms with Crippen LogP contribution in [0, 0.1) is 48.7 Å². The molecule has 4 aliphatic rings. The fourth-order valence-electron chi connectivity index (χ4n) is 7.73. The third kappa shape index (κ3) is 4.17. The topological polar surface area (TPSA) is 70.2 Å². The van der Waals surface area contributed by atoms with Crippen LogP contribution in [0.2, 0.25) is 0 Å². The number of halogens is 1. The highest BCUT2D eigenvalue weighted by molar-refractivity contribution is 5.95. The summed E-state index contributed by atoms with van der Waals surface area (Å²) in [5.41, 5.74) is 8.39. The molecule has 6 heteroatoms. The largest absolute Gasteiger partial charge is 0.318 e. The highest BCUT2D eigenvalue weighted by atomic mass is 19.1. The van der Waals surface area contributed by atoms with Crippen LogP contribution in [0.1, 0.15) is 77.0 Å². The predicted molar refractivity (Wildman–Crippen MR) is 141 cm³/mol. The Labute approximate surface area is 217 Å². The van der Waals surface area contributed by atoms with E-state index >= 15 is 0 Å². The van der Waals surface area contributed by atoms with Crippen LogP contribution in [0.5, 0.6) is 0 Å². The standard InChI is InChI=1S/C31H31FN4O/c1-19-9-25(18-34-35-30(37)28-8-3-21(17-33)13-29(28)32)20(2)36(19)27-6-4-26(5-7-27)31-14-22-10-23(15-31)12-24(11-22)16-31/h3-9,13,18,22-24H,10-12,14-16H2,1-2H3,(H,35,37). The molecule has 3 aromatic rings. The Bertz CT molecular complexity index is 1410. The van der Waals surface area contributed by atoms with Crippen molar-refractivity contribution in [1.82, 2.24) is 9.99 Å². The van der Waals surface area contributed by atoms with Gasteiger partial charge in [0.2, 0.25) is 0 Å². The van der Waals surface area contributed by atoms with Crippen molar-refractivity contribution in [3.63, 3.8) is 0 Å². The van der Waals surface area contributed by atoms with Crippen LogP contribution in [0.15, 0.2) is 53.6 Å². The minimum Gasteiger partial charge on any atom is -0.318 e. The highest BCUT2D eigenvalue weighted by Gasteiger charge is 2.51. The lowest BCUT2D eigenvalue weighted by Crippen LogP contribution is -2.48. The molecule has 0 saturated heterocycles. The van der Waals surface area contributed by atoms with Crippen LogP contribution in [0.3, 0.4) is 0 Å². The summed E-state index contributed by atoms with van der Waals surface area (Å²) in [6.07, 6.45) is 10.0. The van der Waals surface area contributed by atoms with E-state index < -0.39 is 11.7 Å². The lowest BCUT2D eigenvalue weighted by molar-refractivity contribution is -0.00518. The Hall–Kier alpha value is -3.72. The van der Waals surface area contributed by atoms with Gasteiger partial charge in [-0.2, -0.15) is 10.4 Å². The third-order valence-electron chi connectivity index (χ3n) is 8.96. The number of aryl methyl sites for hydroxylation is 1. The van der Waals surface area contributed by atoms with Crippen LogP contribution in [-0.2, 0) is 5.41 Å². The van der Waals surface area contributed by atoms with Gasteiger partial charge in [0.1, 0.15) is 5.82 Å². The first-order valence-corrected chi connectivity index (χ1v) is 13.2. The Morgan fingerprint density at radius 2 is 1.70 bits per heavy atom. The number of carbonyl (C=O) groups excluding carboxylic acids is 1. The monoisotopic (exact) mass is 494 g/mol. The van der Waals surface area contributed by atoms with Gasteiger partial charge in [0.15, 0.2) is 0 Å². The van der Waals surface area contributed by atoms with E-state index in [1.54, 1.807) is 6.21 Å². The molecule has 4 saturated carbocycles. The number of hydrogen-bond acceptors (Lipinski definition) is 3. The minimum atomic E-state index is -0.748. The third-order valence-corrected chi connectivity index (χ3v) is 8.96. The van der Waals surface area contributed by atoms with E-state index in [9.17, 15) is 9.18 Å². The number of benzene rings is 2. The molecule has 4 fully saturated rings. The van der Waals surface area contributed by atoms with E-state index in [0.717, 1.165) is 46.5 Å². The van der Waals surface area contributed by atoms with Gasteiger partial charge in [-0.3, -0.25) is 4.79 Å². The molecule has 0 unspecified atom stereocenters. The van der Waals surface area contributed by atoms with Gasteiger partial charge in [0.25, 0.3) is 5.91 Å². The van der Waals surface area contributed by atoms with Crippen LogP contribution in [0.4, 0.5) is 4.39 Å². The first kappa shape index (κ1) is 23.7. The van der Waals surface area contributed by atoms with E-state index in [1.807, 2.05) is 19.1 Å². The smallest absolute Gasteiger partial charge is 0.274 e. The maximum atomic E-state index is 14.1. The second-order valence-corrected chi connectivity index (χ2v) is 11.4. The van der Waals surface area contributed by atoms with Gasteiger partial charge in [-0.05, 0) is 118 Å². The maximum absolute atomic E-state index is 14.1. The van der Waals surface area contributed by atoms with Crippen LogP contribution in [-0.4, -0.2) is 16.7 Å². The molecule has 7 rings (SSSR count). The van der Waals surface area contributed by atoms with Crippen molar-refractivity contribution in [3.8, 4) is 11.8 Å². The second-order valence-electron chi connectivity index (χ2n) is 11.4. The average molecular weight is 495 g/mol. The molecule has 5 nitrogen and oxygen atoms in total. The Kier molecular flexibility index (Phi) is 5.75. The molecular formula is C31H31FN4O. The molecule has 1 heterocycles. The predicted octanol–water partition coefficient (Wildman–Crippen LogP) is 6.34. The van der Waals surface area contributed by atoms with Gasteiger partial charge in [0, 0.05) is 22.6 Å². The molecule has 0 aliphatic heterocycles. The molecule has 2 aromatic carbocycles. The second kappa shape index (κ2) is 8.99. The molecule has 37 heavy (non-hydrogen) atoms. The van der Waals surface area contributed by atoms with Crippen LogP contribution < -0.4 is 5.43 Å². The summed E-state index contributed by atoms with van der Waals surface area (Å²) < 4.78 is 16.3. The van der Waals surface area contributed by atoms with E-state index in [2.05, 4.69) is 46.3 Å². The Balaban J connectivity index is 1.19. The first-order valence-electron chi connectivity index (χ1n) is 13.2. The summed E-state index contributed by atoms with van der Waals surface area (Å²) in [5.74, 6) is 1.37. The van der Waals surface area contributed by atoms with Gasteiger partial charge in [-0.1, -0.05) is 12.1 Å². The van der Waals surface area contributed by atoms with Crippen molar-refractivity contribution in [2.45, 2.75) is 57.8 Å². The van der Waals surface area contributed by atoms with Crippen molar-refractivity contribution >= 4 is 12.1 Å². The molecule has 0 spiro atoms. The van der Waals surface area contributed by atoms with Crippen molar-refractivity contribution in [3.05, 3.63) is 88.0 Å². The van der Waals surface area contributed by atoms with Crippen molar-refractivity contribution in [1.29, 1.82) is 5.26 Å². The molecule has 188 valence electrons. The number of aromatic nitrogens is 1. The summed E-state index contributed by atoms with van der Waals surface area (Å²) in [6, 6.07) is 16.8. The fourth-order valence-corrected chi connectivity index (χ4v) is 7.73. The van der Waals surface area contributed by atoms with Crippen molar-refractivity contribution < 1.29 is 9.18 Å². The quantitative estimate of drug-likeness (QED) is 0.332. The summed E-state index contributed by atoms with van der Waals surface area (Å²) in [6.45, 7) is 4.09. The molecule has 4 bridgehead atoms. The zero-order valence-electron chi connectivity index (χ0n) is 21.3. The molecule has 1 N–H and O–H groups in total. The Morgan fingerprint density at radius 3 is 2.30 bits per heavy atom. The SMILES string of the molecule is Cc1cc(C=NNC(=O)c2ccc(C#N)cc2F)c(C)n1-c1ccc(C23CC4CC(CC(C4)C2)C3)cc1. The molecular weight excluding hydrogens is 463 g/mol. The number of rotatable bonds is 5. The summed E-state index contributed by atoms with van der Waals surface area (Å²) in [5, 5.41) is 12.9. The fraction of sp³-hybridized carbons (Fsp3) is 0.387. The number of carbonyl (C=O) groups is 1. The Morgan fingerprint density at radius 1 is 1.05 bits per heavy atom. The van der Waals surface area contributed by atoms with Gasteiger partial charge < -0.3 is 4.57 Å². The first-order chi connectivity index (χ1) is 17.8.